The van der Waals surface area contributed by atoms with Gasteiger partial charge in [-0.05, 0) is 66.3 Å². The second kappa shape index (κ2) is 9.63. The normalized spacial score (nSPS) is 15.1. The van der Waals surface area contributed by atoms with E-state index in [1.165, 1.54) is 86.8 Å². The summed E-state index contributed by atoms with van der Waals surface area (Å²) in [4.78, 5) is 0. The Kier molecular flexibility index (Phi) is 5.47. The van der Waals surface area contributed by atoms with Crippen molar-refractivity contribution in [2.75, 3.05) is 0 Å². The van der Waals surface area contributed by atoms with Crippen LogP contribution in [0.3, 0.4) is 0 Å². The highest BCUT2D eigenvalue weighted by Crippen LogP contribution is 2.47. The number of benzene rings is 7. The number of hydrogen-bond acceptors (Lipinski definition) is 2. The summed E-state index contributed by atoms with van der Waals surface area (Å²) < 4.78 is 13.8. The second-order valence-electron chi connectivity index (χ2n) is 15.2. The summed E-state index contributed by atoms with van der Waals surface area (Å²) in [6, 6.07) is 49.0. The van der Waals surface area contributed by atoms with E-state index in [2.05, 4.69) is 160 Å². The largest absolute Gasteiger partial charge is 0.455 e. The van der Waals surface area contributed by atoms with E-state index in [0.29, 0.717) is 0 Å². The van der Waals surface area contributed by atoms with Crippen LogP contribution in [0.2, 0.25) is 26.2 Å². The van der Waals surface area contributed by atoms with E-state index in [-0.39, 0.29) is 0 Å². The fourth-order valence-electron chi connectivity index (χ4n) is 9.35. The molecule has 50 heavy (non-hydrogen) atoms. The molecule has 9 aromatic rings. The van der Waals surface area contributed by atoms with E-state index >= 15 is 0 Å². The summed E-state index contributed by atoms with van der Waals surface area (Å²) in [6.07, 6.45) is 0. The van der Waals surface area contributed by atoms with Crippen molar-refractivity contribution in [2.45, 2.75) is 26.2 Å². The first kappa shape index (κ1) is 28.4. The van der Waals surface area contributed by atoms with Crippen LogP contribution < -0.4 is 20.7 Å². The molecule has 0 bridgehead atoms. The fourth-order valence-corrected chi connectivity index (χ4v) is 15.4. The van der Waals surface area contributed by atoms with Gasteiger partial charge in [0.1, 0.15) is 38.5 Å². The van der Waals surface area contributed by atoms with E-state index in [1.54, 1.807) is 0 Å². The van der Waals surface area contributed by atoms with Crippen molar-refractivity contribution in [2.24, 2.45) is 0 Å². The molecular formula is C46H34O2Si2. The molecule has 0 aliphatic carbocycles. The number of furan rings is 2. The third kappa shape index (κ3) is 3.52. The average Bonchev–Trinajstić information content (AvgIpc) is 3.84. The lowest BCUT2D eigenvalue weighted by Gasteiger charge is -2.22. The van der Waals surface area contributed by atoms with Gasteiger partial charge in [-0.25, -0.2) is 0 Å². The molecule has 0 spiro atoms. The van der Waals surface area contributed by atoms with Gasteiger partial charge in [0.15, 0.2) is 0 Å². The third-order valence-electron chi connectivity index (χ3n) is 11.9. The van der Waals surface area contributed by atoms with Crippen molar-refractivity contribution in [3.8, 4) is 44.5 Å². The van der Waals surface area contributed by atoms with Gasteiger partial charge in [-0.15, -0.1) is 0 Å². The van der Waals surface area contributed by atoms with E-state index in [9.17, 15) is 0 Å². The second-order valence-corrected chi connectivity index (χ2v) is 23.9. The smallest absolute Gasteiger partial charge is 0.143 e. The first-order valence-corrected chi connectivity index (χ1v) is 23.6. The number of fused-ring (bicyclic) bond motifs is 14. The summed E-state index contributed by atoms with van der Waals surface area (Å²) in [5.74, 6) is 0. The Bertz CT molecular complexity index is 2710. The predicted octanol–water partition coefficient (Wildman–Crippen LogP) is 10.4. The highest BCUT2D eigenvalue weighted by atomic mass is 28.3. The minimum Gasteiger partial charge on any atom is -0.455 e. The van der Waals surface area contributed by atoms with Gasteiger partial charge in [0.05, 0.1) is 0 Å². The zero-order valence-corrected chi connectivity index (χ0v) is 30.5. The standard InChI is InChI=1S/C46H34O2Si2/c1-49(2)37-25-34-38(26-33(37)43-39(49)23-31(27-15-7-5-8-16-27)41-29-19-11-13-21-35(29)47-45(41)43)50(3,4)40-24-32(28-17-9-6-10-18-28)42-30-20-12-14-22-36(30)48-46(42)44(34)40/h5-26H,1-4H3. The molecule has 238 valence electrons. The monoisotopic (exact) mass is 674 g/mol. The minimum absolute atomic E-state index is 0.949. The van der Waals surface area contributed by atoms with Crippen molar-refractivity contribution in [1.29, 1.82) is 0 Å². The van der Waals surface area contributed by atoms with E-state index < -0.39 is 16.1 Å². The maximum absolute atomic E-state index is 6.92. The van der Waals surface area contributed by atoms with Gasteiger partial charge in [0, 0.05) is 32.7 Å². The Labute approximate surface area is 292 Å². The van der Waals surface area contributed by atoms with Crippen molar-refractivity contribution in [3.05, 3.63) is 133 Å². The van der Waals surface area contributed by atoms with Crippen LogP contribution in [0.4, 0.5) is 0 Å². The highest BCUT2D eigenvalue weighted by molar-refractivity contribution is 7.06. The summed E-state index contributed by atoms with van der Waals surface area (Å²) >= 11 is 0. The Morgan fingerprint density at radius 2 is 0.740 bits per heavy atom. The molecule has 11 rings (SSSR count). The average molecular weight is 675 g/mol. The quantitative estimate of drug-likeness (QED) is 0.171. The molecule has 0 radical (unpaired) electrons. The fraction of sp³-hybridized carbons (Fsp3) is 0.0870. The summed E-state index contributed by atoms with van der Waals surface area (Å²) in [6.45, 7) is 10.1. The van der Waals surface area contributed by atoms with Crippen LogP contribution in [0.15, 0.2) is 142 Å². The number of para-hydroxylation sites is 2. The number of hydrogen-bond donors (Lipinski definition) is 0. The molecule has 0 N–H and O–H groups in total. The molecule has 0 saturated carbocycles. The zero-order chi connectivity index (χ0) is 33.5. The molecule has 7 aromatic carbocycles. The molecule has 0 amide bonds. The Morgan fingerprint density at radius 1 is 0.380 bits per heavy atom. The minimum atomic E-state index is -2.16. The van der Waals surface area contributed by atoms with Gasteiger partial charge in [0.25, 0.3) is 0 Å². The first-order valence-electron chi connectivity index (χ1n) is 17.6. The van der Waals surface area contributed by atoms with E-state index in [0.717, 1.165) is 22.3 Å². The van der Waals surface area contributed by atoms with Gasteiger partial charge < -0.3 is 8.83 Å². The van der Waals surface area contributed by atoms with Crippen LogP contribution in [0.25, 0.3) is 88.4 Å². The van der Waals surface area contributed by atoms with Crippen LogP contribution in [0.5, 0.6) is 0 Å². The van der Waals surface area contributed by atoms with E-state index in [1.807, 2.05) is 0 Å². The lowest BCUT2D eigenvalue weighted by molar-refractivity contribution is 0.670. The Balaban J connectivity index is 1.24. The zero-order valence-electron chi connectivity index (χ0n) is 28.5. The van der Waals surface area contributed by atoms with Crippen LogP contribution in [0, 0.1) is 0 Å². The van der Waals surface area contributed by atoms with Crippen LogP contribution in [0.1, 0.15) is 0 Å². The van der Waals surface area contributed by atoms with Gasteiger partial charge in [-0.3, -0.25) is 0 Å². The summed E-state index contributed by atoms with van der Waals surface area (Å²) in [5, 5.41) is 10.7. The predicted molar refractivity (Wildman–Crippen MR) is 216 cm³/mol. The van der Waals surface area contributed by atoms with Crippen LogP contribution in [-0.2, 0) is 0 Å². The SMILES string of the molecule is C[Si]1(C)c2cc3c(cc2-c2c1cc(-c1ccccc1)c1c2oc2ccccc21)[Si](C)(C)c1cc(-c2ccccc2)c2c(oc4ccccc42)c1-3. The molecule has 2 nitrogen and oxygen atoms in total. The van der Waals surface area contributed by atoms with Crippen molar-refractivity contribution < 1.29 is 8.83 Å². The molecule has 2 aliphatic rings. The molecule has 2 aromatic heterocycles. The molecule has 0 saturated heterocycles. The molecule has 4 heterocycles. The maximum atomic E-state index is 6.92. The van der Waals surface area contributed by atoms with Crippen molar-refractivity contribution in [1.82, 2.24) is 0 Å². The Morgan fingerprint density at radius 3 is 1.16 bits per heavy atom. The molecule has 2 aliphatic heterocycles. The van der Waals surface area contributed by atoms with Gasteiger partial charge in [0.2, 0.25) is 0 Å². The summed E-state index contributed by atoms with van der Waals surface area (Å²) in [5.41, 5.74) is 14.3. The molecule has 0 atom stereocenters. The lowest BCUT2D eigenvalue weighted by Crippen LogP contribution is -2.51. The summed E-state index contributed by atoms with van der Waals surface area (Å²) in [7, 11) is -4.32. The molecule has 0 fully saturated rings. The van der Waals surface area contributed by atoms with Crippen molar-refractivity contribution >= 4 is 80.8 Å². The Hall–Kier alpha value is -5.43. The third-order valence-corrected chi connectivity index (χ3v) is 18.9. The highest BCUT2D eigenvalue weighted by Gasteiger charge is 2.46. The van der Waals surface area contributed by atoms with Crippen LogP contribution >= 0.6 is 0 Å². The van der Waals surface area contributed by atoms with Gasteiger partial charge in [-0.1, -0.05) is 148 Å². The first-order chi connectivity index (χ1) is 24.3. The molecule has 4 heteroatoms. The topological polar surface area (TPSA) is 26.3 Å². The van der Waals surface area contributed by atoms with Crippen molar-refractivity contribution in [3.63, 3.8) is 0 Å². The molecular weight excluding hydrogens is 641 g/mol. The maximum Gasteiger partial charge on any atom is 0.143 e. The van der Waals surface area contributed by atoms with Gasteiger partial charge >= 0.3 is 0 Å². The van der Waals surface area contributed by atoms with Gasteiger partial charge in [-0.2, -0.15) is 0 Å². The van der Waals surface area contributed by atoms with Crippen LogP contribution in [-0.4, -0.2) is 16.1 Å². The molecule has 0 unspecified atom stereocenters. The van der Waals surface area contributed by atoms with E-state index in [4.69, 9.17) is 8.83 Å². The number of rotatable bonds is 2. The lowest BCUT2D eigenvalue weighted by atomic mass is 9.92.